The number of ether oxygens (including phenoxy) is 1. The molecule has 1 aromatic carbocycles. The molecule has 0 unspecified atom stereocenters. The molecule has 0 spiro atoms. The van der Waals surface area contributed by atoms with Crippen LogP contribution in [-0.2, 0) is 16.1 Å². The number of benzene rings is 1. The van der Waals surface area contributed by atoms with Gasteiger partial charge >= 0.3 is 0 Å². The first-order valence-corrected chi connectivity index (χ1v) is 8.85. The van der Waals surface area contributed by atoms with Gasteiger partial charge in [-0.05, 0) is 38.4 Å². The van der Waals surface area contributed by atoms with E-state index in [0.29, 0.717) is 12.6 Å². The molecule has 128 valence electrons. The predicted octanol–water partition coefficient (Wildman–Crippen LogP) is 2.97. The van der Waals surface area contributed by atoms with Crippen molar-refractivity contribution in [3.05, 3.63) is 35.9 Å². The molecule has 0 saturated heterocycles. The van der Waals surface area contributed by atoms with E-state index in [2.05, 4.69) is 41.5 Å². The van der Waals surface area contributed by atoms with E-state index < -0.39 is 0 Å². The van der Waals surface area contributed by atoms with E-state index in [4.69, 9.17) is 4.74 Å². The fourth-order valence-corrected chi connectivity index (χ4v) is 3.03. The second kappa shape index (κ2) is 10.4. The Morgan fingerprint density at radius 3 is 2.70 bits per heavy atom. The third-order valence-electron chi connectivity index (χ3n) is 4.34. The molecular formula is C19H30N2O2. The highest BCUT2D eigenvalue weighted by Gasteiger charge is 2.14. The lowest BCUT2D eigenvalue weighted by Crippen LogP contribution is -2.32. The predicted molar refractivity (Wildman–Crippen MR) is 93.2 cm³/mol. The lowest BCUT2D eigenvalue weighted by Gasteiger charge is -2.21. The molecule has 1 amide bonds. The minimum atomic E-state index is 0.0151. The summed E-state index contributed by atoms with van der Waals surface area (Å²) < 4.78 is 5.68. The van der Waals surface area contributed by atoms with Crippen LogP contribution in [0.4, 0.5) is 0 Å². The molecule has 1 aliphatic carbocycles. The summed E-state index contributed by atoms with van der Waals surface area (Å²) in [4.78, 5) is 14.0. The minimum absolute atomic E-state index is 0.0151. The van der Waals surface area contributed by atoms with Gasteiger partial charge in [0.1, 0.15) is 6.61 Å². The number of nitrogens with zero attached hydrogens (tertiary/aromatic N) is 1. The lowest BCUT2D eigenvalue weighted by atomic mass is 9.98. The fraction of sp³-hybridized carbons (Fsp3) is 0.632. The second-order valence-corrected chi connectivity index (χ2v) is 6.50. The van der Waals surface area contributed by atoms with E-state index in [1.54, 1.807) is 0 Å². The third kappa shape index (κ3) is 7.62. The molecule has 0 aromatic heterocycles. The van der Waals surface area contributed by atoms with E-state index in [1.165, 1.54) is 24.8 Å². The maximum Gasteiger partial charge on any atom is 0.246 e. The third-order valence-corrected chi connectivity index (χ3v) is 4.34. The zero-order valence-electron chi connectivity index (χ0n) is 14.3. The number of carbonyl (C=O) groups is 1. The topological polar surface area (TPSA) is 41.6 Å². The smallest absolute Gasteiger partial charge is 0.246 e. The van der Waals surface area contributed by atoms with Crippen LogP contribution in [0.5, 0.6) is 0 Å². The molecule has 1 fully saturated rings. The first-order valence-electron chi connectivity index (χ1n) is 8.85. The van der Waals surface area contributed by atoms with E-state index in [9.17, 15) is 4.79 Å². The van der Waals surface area contributed by atoms with Crippen molar-refractivity contribution < 1.29 is 9.53 Å². The van der Waals surface area contributed by atoms with Crippen molar-refractivity contribution in [2.24, 2.45) is 0 Å². The summed E-state index contributed by atoms with van der Waals surface area (Å²) in [5.74, 6) is 0.0151. The zero-order chi connectivity index (χ0) is 16.3. The van der Waals surface area contributed by atoms with Gasteiger partial charge in [0.2, 0.25) is 5.91 Å². The highest BCUT2D eigenvalue weighted by molar-refractivity contribution is 5.77. The maximum absolute atomic E-state index is 11.8. The monoisotopic (exact) mass is 318 g/mol. The Kier molecular flexibility index (Phi) is 8.12. The van der Waals surface area contributed by atoms with Crippen molar-refractivity contribution in [2.45, 2.75) is 51.2 Å². The van der Waals surface area contributed by atoms with Crippen molar-refractivity contribution in [3.63, 3.8) is 0 Å². The van der Waals surface area contributed by atoms with Gasteiger partial charge in [-0.3, -0.25) is 4.79 Å². The Labute approximate surface area is 140 Å². The molecule has 0 heterocycles. The van der Waals surface area contributed by atoms with Gasteiger partial charge in [0, 0.05) is 13.1 Å². The van der Waals surface area contributed by atoms with Gasteiger partial charge in [-0.1, -0.05) is 49.6 Å². The number of amides is 1. The molecule has 1 N–H and O–H groups in total. The summed E-state index contributed by atoms with van der Waals surface area (Å²) in [5.41, 5.74) is 1.32. The summed E-state index contributed by atoms with van der Waals surface area (Å²) in [6.07, 6.45) is 7.25. The Morgan fingerprint density at radius 2 is 1.96 bits per heavy atom. The summed E-state index contributed by atoms with van der Waals surface area (Å²) >= 11 is 0. The van der Waals surface area contributed by atoms with Crippen LogP contribution in [0.2, 0.25) is 0 Å². The van der Waals surface area contributed by atoms with E-state index in [1.807, 2.05) is 6.07 Å². The van der Waals surface area contributed by atoms with Crippen LogP contribution < -0.4 is 5.32 Å². The molecule has 0 atom stereocenters. The minimum Gasteiger partial charge on any atom is -0.368 e. The normalized spacial score (nSPS) is 15.7. The van der Waals surface area contributed by atoms with Crippen LogP contribution in [0, 0.1) is 0 Å². The second-order valence-electron chi connectivity index (χ2n) is 6.50. The lowest BCUT2D eigenvalue weighted by molar-refractivity contribution is -0.128. The number of hydrogen-bond donors (Lipinski definition) is 1. The first kappa shape index (κ1) is 18.0. The first-order chi connectivity index (χ1) is 11.2. The van der Waals surface area contributed by atoms with Crippen molar-refractivity contribution in [3.8, 4) is 0 Å². The number of rotatable bonds is 9. The highest BCUT2D eigenvalue weighted by atomic mass is 16.5. The van der Waals surface area contributed by atoms with Crippen LogP contribution in [0.1, 0.15) is 44.1 Å². The molecule has 0 radical (unpaired) electrons. The molecule has 23 heavy (non-hydrogen) atoms. The molecular weight excluding hydrogens is 288 g/mol. The van der Waals surface area contributed by atoms with Gasteiger partial charge in [-0.15, -0.1) is 0 Å². The number of nitrogens with one attached hydrogen (secondary N) is 1. The van der Waals surface area contributed by atoms with Crippen molar-refractivity contribution in [1.82, 2.24) is 10.2 Å². The number of hydrogen-bond acceptors (Lipinski definition) is 3. The Balaban J connectivity index is 1.50. The van der Waals surface area contributed by atoms with Gasteiger partial charge < -0.3 is 15.0 Å². The number of carbonyl (C=O) groups excluding carboxylic acids is 1. The Hall–Kier alpha value is -1.39. The maximum atomic E-state index is 11.8. The molecule has 1 aliphatic rings. The summed E-state index contributed by atoms with van der Waals surface area (Å²) in [6.45, 7) is 2.84. The summed E-state index contributed by atoms with van der Waals surface area (Å²) in [7, 11) is 2.11. The molecule has 4 nitrogen and oxygen atoms in total. The van der Waals surface area contributed by atoms with Gasteiger partial charge in [0.25, 0.3) is 0 Å². The standard InChI is InChI=1S/C19H30N2O2/c1-21(15-17-9-4-2-5-10-17)14-8-13-20-19(22)16-23-18-11-6-3-7-12-18/h2,4-5,9-10,18H,3,6-8,11-16H2,1H3,(H,20,22). The van der Waals surface area contributed by atoms with Crippen LogP contribution in [0.3, 0.4) is 0 Å². The van der Waals surface area contributed by atoms with E-state index in [0.717, 1.165) is 32.4 Å². The quantitative estimate of drug-likeness (QED) is 0.712. The highest BCUT2D eigenvalue weighted by Crippen LogP contribution is 2.19. The van der Waals surface area contributed by atoms with Crippen LogP contribution >= 0.6 is 0 Å². The molecule has 2 rings (SSSR count). The molecule has 0 bridgehead atoms. The molecule has 0 aliphatic heterocycles. The van der Waals surface area contributed by atoms with Crippen molar-refractivity contribution in [2.75, 3.05) is 26.7 Å². The van der Waals surface area contributed by atoms with Gasteiger partial charge in [-0.25, -0.2) is 0 Å². The molecule has 4 heteroatoms. The zero-order valence-corrected chi connectivity index (χ0v) is 14.3. The Morgan fingerprint density at radius 1 is 1.22 bits per heavy atom. The molecule has 1 saturated carbocycles. The van der Waals surface area contributed by atoms with Crippen LogP contribution in [-0.4, -0.2) is 43.7 Å². The largest absolute Gasteiger partial charge is 0.368 e. The van der Waals surface area contributed by atoms with Gasteiger partial charge in [-0.2, -0.15) is 0 Å². The summed E-state index contributed by atoms with van der Waals surface area (Å²) in [6, 6.07) is 10.4. The van der Waals surface area contributed by atoms with Crippen LogP contribution in [0.25, 0.3) is 0 Å². The average Bonchev–Trinajstić information content (AvgIpc) is 2.59. The SMILES string of the molecule is CN(CCCNC(=O)COC1CCCCC1)Cc1ccccc1. The summed E-state index contributed by atoms with van der Waals surface area (Å²) in [5, 5.41) is 2.95. The Bertz CT molecular complexity index is 444. The molecule has 1 aromatic rings. The van der Waals surface area contributed by atoms with E-state index >= 15 is 0 Å². The van der Waals surface area contributed by atoms with E-state index in [-0.39, 0.29) is 12.5 Å². The van der Waals surface area contributed by atoms with Crippen molar-refractivity contribution in [1.29, 1.82) is 0 Å². The van der Waals surface area contributed by atoms with Gasteiger partial charge in [0.05, 0.1) is 6.10 Å². The van der Waals surface area contributed by atoms with Crippen LogP contribution in [0.15, 0.2) is 30.3 Å². The average molecular weight is 318 g/mol. The van der Waals surface area contributed by atoms with Gasteiger partial charge in [0.15, 0.2) is 0 Å². The fourth-order valence-electron chi connectivity index (χ4n) is 3.03. The van der Waals surface area contributed by atoms with Crippen molar-refractivity contribution >= 4 is 5.91 Å².